The van der Waals surface area contributed by atoms with E-state index in [-0.39, 0.29) is 11.7 Å². The van der Waals surface area contributed by atoms with E-state index >= 15 is 0 Å². The van der Waals surface area contributed by atoms with Crippen LogP contribution in [-0.4, -0.2) is 11.0 Å². The van der Waals surface area contributed by atoms with Crippen molar-refractivity contribution in [3.8, 4) is 0 Å². The fourth-order valence-corrected chi connectivity index (χ4v) is 2.77. The molecule has 0 aliphatic heterocycles. The molecule has 0 fully saturated rings. The third-order valence-corrected chi connectivity index (χ3v) is 3.75. The second-order valence-corrected chi connectivity index (χ2v) is 5.46. The van der Waals surface area contributed by atoms with E-state index in [0.717, 1.165) is 6.42 Å². The Balaban J connectivity index is 2.16. The average molecular weight is 297 g/mol. The molecule has 0 amide bonds. The lowest BCUT2D eigenvalue weighted by molar-refractivity contribution is -0.384. The molecule has 0 saturated heterocycles. The number of rotatable bonds is 5. The second kappa shape index (κ2) is 6.04. The number of anilines is 1. The van der Waals surface area contributed by atoms with Crippen LogP contribution in [0.5, 0.6) is 0 Å². The van der Waals surface area contributed by atoms with Gasteiger partial charge < -0.3 is 5.32 Å². The number of nitro groups is 1. The van der Waals surface area contributed by atoms with Gasteiger partial charge in [0.1, 0.15) is 5.69 Å². The van der Waals surface area contributed by atoms with Crippen molar-refractivity contribution in [1.82, 2.24) is 0 Å². The molecule has 2 aromatic rings. The number of hydrogen-bond donors (Lipinski definition) is 1. The number of hydrogen-bond acceptors (Lipinski definition) is 4. The van der Waals surface area contributed by atoms with E-state index in [1.807, 2.05) is 18.4 Å². The van der Waals surface area contributed by atoms with Crippen LogP contribution in [0, 0.1) is 10.1 Å². The normalized spacial score (nSPS) is 12.1. The van der Waals surface area contributed by atoms with Crippen LogP contribution in [0.15, 0.2) is 35.0 Å². The molecule has 0 radical (unpaired) electrons. The van der Waals surface area contributed by atoms with E-state index < -0.39 is 4.92 Å². The second-order valence-electron chi connectivity index (χ2n) is 4.27. The van der Waals surface area contributed by atoms with Crippen molar-refractivity contribution in [3.05, 3.63) is 55.7 Å². The quantitative estimate of drug-likeness (QED) is 0.659. The highest BCUT2D eigenvalue weighted by atomic mass is 35.5. The SMILES string of the molecule is CC(Cc1ccsc1)Nc1c(Cl)cccc1[N+](=O)[O-]. The number of benzene rings is 1. The summed E-state index contributed by atoms with van der Waals surface area (Å²) in [5.74, 6) is 0. The fraction of sp³-hybridized carbons (Fsp3) is 0.231. The summed E-state index contributed by atoms with van der Waals surface area (Å²) < 4.78 is 0. The minimum absolute atomic E-state index is 0.00432. The van der Waals surface area contributed by atoms with E-state index in [9.17, 15) is 10.1 Å². The molecule has 19 heavy (non-hydrogen) atoms. The Morgan fingerprint density at radius 2 is 2.26 bits per heavy atom. The zero-order valence-electron chi connectivity index (χ0n) is 10.3. The summed E-state index contributed by atoms with van der Waals surface area (Å²) in [7, 11) is 0. The van der Waals surface area contributed by atoms with Crippen molar-refractivity contribution >= 4 is 34.3 Å². The number of nitro benzene ring substituents is 1. The summed E-state index contributed by atoms with van der Waals surface area (Å²) in [6.07, 6.45) is 0.797. The molecule has 1 aromatic carbocycles. The number of thiophene rings is 1. The average Bonchev–Trinajstić information content (AvgIpc) is 2.84. The van der Waals surface area contributed by atoms with Gasteiger partial charge in [-0.3, -0.25) is 10.1 Å². The third kappa shape index (κ3) is 3.45. The van der Waals surface area contributed by atoms with Gasteiger partial charge in [-0.1, -0.05) is 17.7 Å². The Morgan fingerprint density at radius 3 is 2.89 bits per heavy atom. The first kappa shape index (κ1) is 13.8. The highest BCUT2D eigenvalue weighted by Crippen LogP contribution is 2.32. The molecule has 1 aromatic heterocycles. The molecule has 6 heteroatoms. The maximum Gasteiger partial charge on any atom is 0.293 e. The van der Waals surface area contributed by atoms with Crippen LogP contribution in [0.25, 0.3) is 0 Å². The Bertz CT molecular complexity index is 572. The summed E-state index contributed by atoms with van der Waals surface area (Å²) in [4.78, 5) is 10.6. The monoisotopic (exact) mass is 296 g/mol. The molecular formula is C13H13ClN2O2S. The highest BCUT2D eigenvalue weighted by Gasteiger charge is 2.18. The number of nitrogens with one attached hydrogen (secondary N) is 1. The van der Waals surface area contributed by atoms with Gasteiger partial charge in [0.05, 0.1) is 9.95 Å². The Hall–Kier alpha value is -1.59. The number of nitrogens with zero attached hydrogens (tertiary/aromatic N) is 1. The summed E-state index contributed by atoms with van der Waals surface area (Å²) >= 11 is 7.67. The van der Waals surface area contributed by atoms with Crippen molar-refractivity contribution in [3.63, 3.8) is 0 Å². The number of halogens is 1. The van der Waals surface area contributed by atoms with Gasteiger partial charge in [-0.05, 0) is 41.8 Å². The smallest absolute Gasteiger partial charge is 0.293 e. The highest BCUT2D eigenvalue weighted by molar-refractivity contribution is 7.07. The zero-order valence-corrected chi connectivity index (χ0v) is 11.9. The molecule has 0 saturated carbocycles. The standard InChI is InChI=1S/C13H13ClN2O2S/c1-9(7-10-5-6-19-8-10)15-13-11(14)3-2-4-12(13)16(17)18/h2-6,8-9,15H,7H2,1H3. The van der Waals surface area contributed by atoms with Crippen LogP contribution in [0.1, 0.15) is 12.5 Å². The molecule has 0 aliphatic rings. The summed E-state index contributed by atoms with van der Waals surface area (Å²) in [5.41, 5.74) is 1.60. The van der Waals surface area contributed by atoms with Gasteiger partial charge in [0, 0.05) is 12.1 Å². The van der Waals surface area contributed by atoms with Gasteiger partial charge in [-0.2, -0.15) is 11.3 Å². The molecule has 100 valence electrons. The molecule has 0 bridgehead atoms. The molecule has 0 spiro atoms. The molecular weight excluding hydrogens is 284 g/mol. The van der Waals surface area contributed by atoms with Crippen LogP contribution in [0.2, 0.25) is 5.02 Å². The lowest BCUT2D eigenvalue weighted by Crippen LogP contribution is -2.18. The largest absolute Gasteiger partial charge is 0.375 e. The van der Waals surface area contributed by atoms with E-state index in [1.165, 1.54) is 11.6 Å². The summed E-state index contributed by atoms with van der Waals surface area (Å²) in [6, 6.07) is 6.78. The molecule has 2 rings (SSSR count). The van der Waals surface area contributed by atoms with E-state index in [1.54, 1.807) is 23.5 Å². The van der Waals surface area contributed by atoms with Gasteiger partial charge in [-0.25, -0.2) is 0 Å². The predicted molar refractivity (Wildman–Crippen MR) is 79.2 cm³/mol. The molecule has 1 unspecified atom stereocenters. The lowest BCUT2D eigenvalue weighted by Gasteiger charge is -2.15. The first-order chi connectivity index (χ1) is 9.08. The van der Waals surface area contributed by atoms with E-state index in [4.69, 9.17) is 11.6 Å². The van der Waals surface area contributed by atoms with Crippen LogP contribution in [-0.2, 0) is 6.42 Å². The molecule has 0 aliphatic carbocycles. The first-order valence-corrected chi connectivity index (χ1v) is 7.10. The van der Waals surface area contributed by atoms with Crippen molar-refractivity contribution in [2.75, 3.05) is 5.32 Å². The molecule has 1 heterocycles. The minimum atomic E-state index is -0.425. The molecule has 1 N–H and O–H groups in total. The van der Waals surface area contributed by atoms with Crippen molar-refractivity contribution in [1.29, 1.82) is 0 Å². The predicted octanol–water partition coefficient (Wildman–Crippen LogP) is 4.35. The fourth-order valence-electron chi connectivity index (χ4n) is 1.87. The van der Waals surface area contributed by atoms with E-state index in [0.29, 0.717) is 10.7 Å². The molecule has 4 nitrogen and oxygen atoms in total. The maximum atomic E-state index is 11.0. The Labute approximate surface area is 120 Å². The summed E-state index contributed by atoms with van der Waals surface area (Å²) in [6.45, 7) is 1.98. The van der Waals surface area contributed by atoms with Gasteiger partial charge in [-0.15, -0.1) is 0 Å². The van der Waals surface area contributed by atoms with Crippen molar-refractivity contribution < 1.29 is 4.92 Å². The topological polar surface area (TPSA) is 55.2 Å². The van der Waals surface area contributed by atoms with Gasteiger partial charge in [0.15, 0.2) is 0 Å². The van der Waals surface area contributed by atoms with Crippen LogP contribution < -0.4 is 5.32 Å². The van der Waals surface area contributed by atoms with Crippen molar-refractivity contribution in [2.45, 2.75) is 19.4 Å². The van der Waals surface area contributed by atoms with Crippen LogP contribution in [0.4, 0.5) is 11.4 Å². The lowest BCUT2D eigenvalue weighted by atomic mass is 10.1. The van der Waals surface area contributed by atoms with Crippen LogP contribution in [0.3, 0.4) is 0 Å². The zero-order chi connectivity index (χ0) is 13.8. The van der Waals surface area contributed by atoms with Gasteiger partial charge in [0.2, 0.25) is 0 Å². The number of para-hydroxylation sites is 1. The van der Waals surface area contributed by atoms with Gasteiger partial charge in [0.25, 0.3) is 5.69 Å². The Kier molecular flexibility index (Phi) is 4.39. The van der Waals surface area contributed by atoms with E-state index in [2.05, 4.69) is 10.7 Å². The summed E-state index contributed by atoms with van der Waals surface area (Å²) in [5, 5.41) is 18.6. The maximum absolute atomic E-state index is 11.0. The Morgan fingerprint density at radius 1 is 1.47 bits per heavy atom. The van der Waals surface area contributed by atoms with Crippen LogP contribution >= 0.6 is 22.9 Å². The third-order valence-electron chi connectivity index (χ3n) is 2.70. The minimum Gasteiger partial charge on any atom is -0.375 e. The molecule has 1 atom stereocenters. The first-order valence-electron chi connectivity index (χ1n) is 5.78. The van der Waals surface area contributed by atoms with Gasteiger partial charge >= 0.3 is 0 Å². The van der Waals surface area contributed by atoms with Crippen molar-refractivity contribution in [2.24, 2.45) is 0 Å².